The first-order chi connectivity index (χ1) is 12.5. The lowest BCUT2D eigenvalue weighted by Gasteiger charge is -2.08. The van der Waals surface area contributed by atoms with Crippen LogP contribution in [0.2, 0.25) is 0 Å². The van der Waals surface area contributed by atoms with Gasteiger partial charge in [-0.2, -0.15) is 0 Å². The summed E-state index contributed by atoms with van der Waals surface area (Å²) in [5.74, 6) is -0.931. The Morgan fingerprint density at radius 2 is 1.96 bits per heavy atom. The summed E-state index contributed by atoms with van der Waals surface area (Å²) in [5.41, 5.74) is 2.37. The van der Waals surface area contributed by atoms with Crippen LogP contribution in [-0.4, -0.2) is 23.5 Å². The molecule has 0 aliphatic carbocycles. The summed E-state index contributed by atoms with van der Waals surface area (Å²) in [7, 11) is 0. The molecule has 26 heavy (non-hydrogen) atoms. The largest absolute Gasteiger partial charge is 0.462 e. The van der Waals surface area contributed by atoms with E-state index in [-0.39, 0.29) is 11.5 Å². The highest BCUT2D eigenvalue weighted by molar-refractivity contribution is 7.15. The number of thiazole rings is 1. The molecule has 1 amide bonds. The van der Waals surface area contributed by atoms with Crippen molar-refractivity contribution in [2.75, 3.05) is 11.9 Å². The first-order valence-electron chi connectivity index (χ1n) is 7.86. The topological polar surface area (TPSA) is 88.3 Å². The number of H-pyrrole nitrogens is 1. The second-order valence-corrected chi connectivity index (χ2v) is 7.23. The Labute approximate surface area is 157 Å². The van der Waals surface area contributed by atoms with Gasteiger partial charge in [-0.05, 0) is 19.4 Å². The quantitative estimate of drug-likeness (QED) is 0.649. The highest BCUT2D eigenvalue weighted by atomic mass is 32.1. The lowest BCUT2D eigenvalue weighted by atomic mass is 10.0. The first kappa shape index (κ1) is 18.1. The van der Waals surface area contributed by atoms with Crippen molar-refractivity contribution >= 4 is 39.6 Å². The molecule has 3 rings (SSSR count). The molecule has 0 unspecified atom stereocenters. The van der Waals surface area contributed by atoms with Gasteiger partial charge in [0.1, 0.15) is 15.4 Å². The van der Waals surface area contributed by atoms with Crippen molar-refractivity contribution < 1.29 is 14.3 Å². The molecular formula is C18H16N2O4S2. The van der Waals surface area contributed by atoms with Crippen LogP contribution in [-0.2, 0) is 4.74 Å². The van der Waals surface area contributed by atoms with E-state index in [0.717, 1.165) is 16.9 Å². The Morgan fingerprint density at radius 1 is 1.23 bits per heavy atom. The average molecular weight is 388 g/mol. The molecule has 0 fully saturated rings. The Morgan fingerprint density at radius 3 is 2.58 bits per heavy atom. The maximum absolute atomic E-state index is 12.5. The fraction of sp³-hybridized carbons (Fsp3) is 0.167. The SMILES string of the molecule is CCOC(=O)c1c(-c2ccccc2)csc1NC(=O)c1sc(=O)[nH]c1C. The zero-order chi connectivity index (χ0) is 18.7. The lowest BCUT2D eigenvalue weighted by Crippen LogP contribution is -2.14. The molecule has 0 bridgehead atoms. The summed E-state index contributed by atoms with van der Waals surface area (Å²) in [6.07, 6.45) is 0. The molecule has 1 aromatic carbocycles. The van der Waals surface area contributed by atoms with Crippen LogP contribution in [0.5, 0.6) is 0 Å². The van der Waals surface area contributed by atoms with Crippen LogP contribution >= 0.6 is 22.7 Å². The monoisotopic (exact) mass is 388 g/mol. The molecule has 0 atom stereocenters. The fourth-order valence-corrected chi connectivity index (χ4v) is 4.16. The number of ether oxygens (including phenoxy) is 1. The normalized spacial score (nSPS) is 10.5. The van der Waals surface area contributed by atoms with Crippen LogP contribution in [0.3, 0.4) is 0 Å². The number of aromatic amines is 1. The van der Waals surface area contributed by atoms with Gasteiger partial charge in [0.2, 0.25) is 0 Å². The van der Waals surface area contributed by atoms with Gasteiger partial charge in [-0.25, -0.2) is 4.79 Å². The van der Waals surface area contributed by atoms with Crippen LogP contribution in [0.15, 0.2) is 40.5 Å². The molecule has 0 saturated carbocycles. The highest BCUT2D eigenvalue weighted by Crippen LogP contribution is 2.36. The predicted molar refractivity (Wildman–Crippen MR) is 103 cm³/mol. The van der Waals surface area contributed by atoms with E-state index in [1.54, 1.807) is 13.8 Å². The second-order valence-electron chi connectivity index (χ2n) is 5.36. The average Bonchev–Trinajstić information content (AvgIpc) is 3.18. The highest BCUT2D eigenvalue weighted by Gasteiger charge is 2.24. The zero-order valence-corrected chi connectivity index (χ0v) is 15.8. The van der Waals surface area contributed by atoms with Crippen molar-refractivity contribution in [3.05, 3.63) is 61.5 Å². The van der Waals surface area contributed by atoms with Gasteiger partial charge in [-0.15, -0.1) is 11.3 Å². The van der Waals surface area contributed by atoms with E-state index >= 15 is 0 Å². The molecular weight excluding hydrogens is 372 g/mol. The van der Waals surface area contributed by atoms with Crippen LogP contribution in [0.1, 0.15) is 32.6 Å². The molecule has 2 aromatic heterocycles. The Bertz CT molecular complexity index is 1000. The van der Waals surface area contributed by atoms with Gasteiger partial charge < -0.3 is 15.0 Å². The van der Waals surface area contributed by atoms with E-state index in [9.17, 15) is 14.4 Å². The van der Waals surface area contributed by atoms with E-state index < -0.39 is 11.9 Å². The molecule has 0 radical (unpaired) electrons. The van der Waals surface area contributed by atoms with Crippen molar-refractivity contribution in [2.24, 2.45) is 0 Å². The van der Waals surface area contributed by atoms with E-state index in [4.69, 9.17) is 4.74 Å². The molecule has 0 aliphatic rings. The fourth-order valence-electron chi connectivity index (χ4n) is 2.47. The smallest absolute Gasteiger partial charge is 0.341 e. The maximum atomic E-state index is 12.5. The van der Waals surface area contributed by atoms with Crippen molar-refractivity contribution in [3.8, 4) is 11.1 Å². The number of amides is 1. The zero-order valence-electron chi connectivity index (χ0n) is 14.1. The van der Waals surface area contributed by atoms with E-state index in [0.29, 0.717) is 26.7 Å². The lowest BCUT2D eigenvalue weighted by molar-refractivity contribution is 0.0529. The molecule has 134 valence electrons. The number of benzene rings is 1. The minimum Gasteiger partial charge on any atom is -0.462 e. The molecule has 6 nitrogen and oxygen atoms in total. The van der Waals surface area contributed by atoms with Crippen molar-refractivity contribution in [1.29, 1.82) is 0 Å². The summed E-state index contributed by atoms with van der Waals surface area (Å²) in [6.45, 7) is 3.61. The number of hydrogen-bond acceptors (Lipinski definition) is 6. The molecule has 2 heterocycles. The Balaban J connectivity index is 2.00. The van der Waals surface area contributed by atoms with Crippen LogP contribution in [0.25, 0.3) is 11.1 Å². The third-order valence-corrected chi connectivity index (χ3v) is 5.49. The minimum atomic E-state index is -0.498. The number of nitrogens with one attached hydrogen (secondary N) is 2. The number of carbonyl (C=O) groups excluding carboxylic acids is 2. The summed E-state index contributed by atoms with van der Waals surface area (Å²) < 4.78 is 5.17. The van der Waals surface area contributed by atoms with Gasteiger partial charge in [-0.1, -0.05) is 41.7 Å². The minimum absolute atomic E-state index is 0.231. The first-order valence-corrected chi connectivity index (χ1v) is 9.56. The predicted octanol–water partition coefficient (Wildman–Crippen LogP) is 3.90. The van der Waals surface area contributed by atoms with E-state index in [1.807, 2.05) is 35.7 Å². The number of thiophene rings is 1. The van der Waals surface area contributed by atoms with Gasteiger partial charge in [0.25, 0.3) is 5.91 Å². The van der Waals surface area contributed by atoms with Crippen molar-refractivity contribution in [2.45, 2.75) is 13.8 Å². The van der Waals surface area contributed by atoms with Crippen LogP contribution in [0.4, 0.5) is 5.00 Å². The van der Waals surface area contributed by atoms with E-state index in [2.05, 4.69) is 10.3 Å². The third-order valence-electron chi connectivity index (χ3n) is 3.61. The Kier molecular flexibility index (Phi) is 5.34. The molecule has 0 aliphatic heterocycles. The number of hydrogen-bond donors (Lipinski definition) is 2. The number of carbonyl (C=O) groups is 2. The van der Waals surface area contributed by atoms with E-state index in [1.165, 1.54) is 11.3 Å². The standard InChI is InChI=1S/C18H16N2O4S2/c1-3-24-17(22)13-12(11-7-5-4-6-8-11)9-25-16(13)20-15(21)14-10(2)19-18(23)26-14/h4-9H,3H2,1-2H3,(H,19,23)(H,20,21). The summed E-state index contributed by atoms with van der Waals surface area (Å²) in [4.78, 5) is 39.0. The van der Waals surface area contributed by atoms with Crippen molar-refractivity contribution in [1.82, 2.24) is 4.98 Å². The number of esters is 1. The van der Waals surface area contributed by atoms with Gasteiger partial charge in [0, 0.05) is 16.6 Å². The molecule has 0 saturated heterocycles. The molecule has 0 spiro atoms. The van der Waals surface area contributed by atoms with Gasteiger partial charge >= 0.3 is 10.8 Å². The van der Waals surface area contributed by atoms with Crippen molar-refractivity contribution in [3.63, 3.8) is 0 Å². The maximum Gasteiger partial charge on any atom is 0.341 e. The number of aromatic nitrogens is 1. The van der Waals surface area contributed by atoms with Gasteiger partial charge in [0.15, 0.2) is 0 Å². The van der Waals surface area contributed by atoms with Crippen LogP contribution in [0, 0.1) is 6.92 Å². The third kappa shape index (κ3) is 3.61. The molecule has 3 aromatic rings. The van der Waals surface area contributed by atoms with Gasteiger partial charge in [0.05, 0.1) is 6.61 Å². The van der Waals surface area contributed by atoms with Gasteiger partial charge in [-0.3, -0.25) is 9.59 Å². The summed E-state index contributed by atoms with van der Waals surface area (Å²) in [6, 6.07) is 9.41. The molecule has 2 N–H and O–H groups in total. The number of anilines is 1. The Hall–Kier alpha value is -2.71. The van der Waals surface area contributed by atoms with Crippen LogP contribution < -0.4 is 10.2 Å². The summed E-state index contributed by atoms with van der Waals surface area (Å²) in [5, 5.41) is 4.95. The number of rotatable bonds is 5. The number of aryl methyl sites for hydroxylation is 1. The summed E-state index contributed by atoms with van der Waals surface area (Å²) >= 11 is 2.08. The second kappa shape index (κ2) is 7.67. The molecule has 8 heteroatoms.